The van der Waals surface area contributed by atoms with Crippen molar-refractivity contribution in [1.29, 1.82) is 0 Å². The number of nitrogens with zero attached hydrogens (tertiary/aromatic N) is 1. The number of aryl methyl sites for hydroxylation is 1. The smallest absolute Gasteiger partial charge is 0.295 e. The maximum atomic E-state index is 13.7. The quantitative estimate of drug-likeness (QED) is 0.324. The number of aromatic nitrogens is 1. The Labute approximate surface area is 184 Å². The number of halogens is 1. The number of carbonyl (C=O) groups excluding carboxylic acids is 2. The third-order valence-corrected chi connectivity index (χ3v) is 6.01. The highest BCUT2D eigenvalue weighted by Gasteiger charge is 2.30. The molecule has 1 aliphatic rings. The molecule has 0 radical (unpaired) electrons. The second-order valence-electron chi connectivity index (χ2n) is 8.03. The third-order valence-electron chi connectivity index (χ3n) is 6.01. The minimum atomic E-state index is -1.31. The van der Waals surface area contributed by atoms with E-state index in [9.17, 15) is 19.2 Å². The lowest BCUT2D eigenvalue weighted by Crippen LogP contribution is -2.99. The van der Waals surface area contributed by atoms with Gasteiger partial charge >= 0.3 is 0 Å². The molecular weight excluding hydrogens is 413 g/mol. The Bertz CT molecular complexity index is 1140. The summed E-state index contributed by atoms with van der Waals surface area (Å²) in [7, 11) is 0. The van der Waals surface area contributed by atoms with E-state index in [1.807, 2.05) is 30.3 Å². The Hall–Kier alpha value is -3.33. The summed E-state index contributed by atoms with van der Waals surface area (Å²) >= 11 is 0. The summed E-state index contributed by atoms with van der Waals surface area (Å²) in [6.07, 6.45) is 1.15. The van der Waals surface area contributed by atoms with Gasteiger partial charge in [0.2, 0.25) is 0 Å². The minimum absolute atomic E-state index is 0.00605. The van der Waals surface area contributed by atoms with E-state index >= 15 is 0 Å². The van der Waals surface area contributed by atoms with E-state index in [0.717, 1.165) is 16.8 Å². The minimum Gasteiger partial charge on any atom is -0.595 e. The first-order valence-electron chi connectivity index (χ1n) is 10.5. The molecule has 3 aromatic rings. The number of ketones is 1. The molecule has 1 atom stereocenters. The molecule has 1 amide bonds. The van der Waals surface area contributed by atoms with Crippen molar-refractivity contribution in [2.24, 2.45) is 0 Å². The topological polar surface area (TPSA) is 101 Å². The number of hydrogen-bond acceptors (Lipinski definition) is 4. The van der Waals surface area contributed by atoms with Crippen molar-refractivity contribution < 1.29 is 24.4 Å². The number of carbonyl (C=O) groups is 2. The highest BCUT2D eigenvalue weighted by atomic mass is 19.1. The molecule has 0 bridgehead atoms. The van der Waals surface area contributed by atoms with Crippen molar-refractivity contribution in [3.63, 3.8) is 0 Å². The molecule has 1 unspecified atom stereocenters. The first kappa shape index (κ1) is 21.9. The number of quaternary nitrogens is 1. The first-order valence-corrected chi connectivity index (χ1v) is 10.5. The van der Waals surface area contributed by atoms with Gasteiger partial charge in [-0.3, -0.25) is 9.59 Å². The monoisotopic (exact) mass is 437 g/mol. The van der Waals surface area contributed by atoms with Gasteiger partial charge in [-0.05, 0) is 48.9 Å². The molecule has 3 N–H and O–H groups in total. The van der Waals surface area contributed by atoms with E-state index in [2.05, 4.69) is 4.98 Å². The molecule has 0 aliphatic carbocycles. The molecule has 2 aromatic carbocycles. The zero-order valence-corrected chi connectivity index (χ0v) is 17.6. The van der Waals surface area contributed by atoms with E-state index in [0.29, 0.717) is 37.2 Å². The number of piperidine rings is 1. The molecule has 2 heterocycles. The Kier molecular flexibility index (Phi) is 6.18. The van der Waals surface area contributed by atoms with Crippen molar-refractivity contribution in [3.05, 3.63) is 82.4 Å². The van der Waals surface area contributed by atoms with Crippen LogP contribution in [0.2, 0.25) is 0 Å². The summed E-state index contributed by atoms with van der Waals surface area (Å²) in [6, 6.07) is 15.4. The van der Waals surface area contributed by atoms with Crippen LogP contribution < -0.4 is 5.23 Å². The lowest BCUT2D eigenvalue weighted by atomic mass is 9.89. The summed E-state index contributed by atoms with van der Waals surface area (Å²) < 4.78 is 13.7. The van der Waals surface area contributed by atoms with E-state index in [1.54, 1.807) is 19.1 Å². The normalized spacial score (nSPS) is 15.6. The molecular formula is C24H24FN3O4. The van der Waals surface area contributed by atoms with Gasteiger partial charge in [-0.15, -0.1) is 0 Å². The molecule has 166 valence electrons. The fourth-order valence-electron chi connectivity index (χ4n) is 4.20. The van der Waals surface area contributed by atoms with Crippen LogP contribution in [0.4, 0.5) is 10.1 Å². The van der Waals surface area contributed by atoms with Gasteiger partial charge in [0.1, 0.15) is 0 Å². The van der Waals surface area contributed by atoms with Crippen molar-refractivity contribution in [2.45, 2.75) is 25.7 Å². The molecule has 8 heteroatoms. The number of amides is 1. The van der Waals surface area contributed by atoms with Gasteiger partial charge < -0.3 is 15.1 Å². The van der Waals surface area contributed by atoms with Crippen LogP contribution >= 0.6 is 0 Å². The number of nitrogens with one attached hydrogen (secondary N) is 2. The Morgan fingerprint density at radius 3 is 2.47 bits per heavy atom. The van der Waals surface area contributed by atoms with Crippen molar-refractivity contribution >= 4 is 17.4 Å². The second-order valence-corrected chi connectivity index (χ2v) is 8.03. The highest BCUT2D eigenvalue weighted by molar-refractivity contribution is 6.43. The fraction of sp³-hybridized carbons (Fsp3) is 0.250. The van der Waals surface area contributed by atoms with Crippen molar-refractivity contribution in [2.75, 3.05) is 13.1 Å². The van der Waals surface area contributed by atoms with Gasteiger partial charge in [0.05, 0.1) is 0 Å². The Balaban J connectivity index is 1.43. The zero-order valence-electron chi connectivity index (χ0n) is 17.6. The molecule has 0 spiro atoms. The highest BCUT2D eigenvalue weighted by Crippen LogP contribution is 2.30. The summed E-state index contributed by atoms with van der Waals surface area (Å²) in [5.74, 6) is -1.85. The van der Waals surface area contributed by atoms with E-state index in [-0.39, 0.29) is 11.6 Å². The summed E-state index contributed by atoms with van der Waals surface area (Å²) in [6.45, 7) is 2.53. The molecule has 1 fully saturated rings. The molecule has 1 aromatic heterocycles. The van der Waals surface area contributed by atoms with Crippen molar-refractivity contribution in [1.82, 2.24) is 9.88 Å². The maximum Gasteiger partial charge on any atom is 0.295 e. The average Bonchev–Trinajstić information content (AvgIpc) is 3.20. The van der Waals surface area contributed by atoms with Gasteiger partial charge in [-0.1, -0.05) is 36.4 Å². The second kappa shape index (κ2) is 9.04. The largest absolute Gasteiger partial charge is 0.595 e. The number of aromatic amines is 1. The van der Waals surface area contributed by atoms with E-state index in [1.165, 1.54) is 17.0 Å². The summed E-state index contributed by atoms with van der Waals surface area (Å²) in [5, 5.41) is 19.0. The molecule has 32 heavy (non-hydrogen) atoms. The maximum absolute atomic E-state index is 13.7. The fourth-order valence-corrected chi connectivity index (χ4v) is 4.20. The zero-order chi connectivity index (χ0) is 22.8. The van der Waals surface area contributed by atoms with Crippen molar-refractivity contribution in [3.8, 4) is 11.3 Å². The third kappa shape index (κ3) is 4.34. The molecule has 1 saturated heterocycles. The van der Waals surface area contributed by atoms with E-state index in [4.69, 9.17) is 5.21 Å². The van der Waals surface area contributed by atoms with Crippen LogP contribution in [-0.4, -0.2) is 39.9 Å². The standard InChI is InChI=1S/C24H24FN3O4/c1-15-19(14-21(26-15)17-5-3-2-4-6-17)23(29)24(30)27-11-9-16(10-12-27)18-7-8-20(25)22(13-18)28(31)32/h2-8,13-14,16,26,28,31H,9-12H2,1H3. The summed E-state index contributed by atoms with van der Waals surface area (Å²) in [4.78, 5) is 30.5. The SMILES string of the molecule is Cc1[nH]c(-c2ccccc2)cc1C(=O)C(=O)N1CCC(c2ccc(F)c([NH+]([O-])O)c2)CC1. The predicted molar refractivity (Wildman–Crippen MR) is 116 cm³/mol. The van der Waals surface area contributed by atoms with Gasteiger partial charge in [-0.2, -0.15) is 5.23 Å². The summed E-state index contributed by atoms with van der Waals surface area (Å²) in [5.41, 5.74) is 3.10. The molecule has 0 saturated carbocycles. The van der Waals surface area contributed by atoms with Crippen LogP contribution in [0.1, 0.15) is 40.4 Å². The van der Waals surface area contributed by atoms with Gasteiger partial charge in [0, 0.05) is 36.1 Å². The average molecular weight is 437 g/mol. The number of Topliss-reactive ketones (excluding diaryl/α,β-unsaturated/α-hetero) is 1. The van der Waals surface area contributed by atoms with Crippen LogP contribution in [0.3, 0.4) is 0 Å². The number of hydrogen-bond donors (Lipinski definition) is 3. The van der Waals surface area contributed by atoms with Crippen LogP contribution in [-0.2, 0) is 4.79 Å². The number of benzene rings is 2. The van der Waals surface area contributed by atoms with Crippen LogP contribution in [0, 0.1) is 17.9 Å². The number of rotatable bonds is 5. The first-order chi connectivity index (χ1) is 15.3. The lowest BCUT2D eigenvalue weighted by Gasteiger charge is -2.32. The van der Waals surface area contributed by atoms with E-state index < -0.39 is 22.7 Å². The number of H-pyrrole nitrogens is 1. The predicted octanol–water partition coefficient (Wildman–Crippen LogP) is 3.12. The molecule has 4 rings (SSSR count). The van der Waals surface area contributed by atoms with Gasteiger partial charge in [-0.25, -0.2) is 9.60 Å². The van der Waals surface area contributed by atoms with Gasteiger partial charge in [0.15, 0.2) is 11.5 Å². The van der Waals surface area contributed by atoms with Crippen LogP contribution in [0.25, 0.3) is 11.3 Å². The lowest BCUT2D eigenvalue weighted by molar-refractivity contribution is -0.992. The number of likely N-dealkylation sites (tertiary alicyclic amines) is 1. The van der Waals surface area contributed by atoms with Crippen LogP contribution in [0.5, 0.6) is 0 Å². The van der Waals surface area contributed by atoms with Gasteiger partial charge in [0.25, 0.3) is 11.7 Å². The molecule has 1 aliphatic heterocycles. The Morgan fingerprint density at radius 1 is 1.12 bits per heavy atom. The van der Waals surface area contributed by atoms with Crippen LogP contribution in [0.15, 0.2) is 54.6 Å². The Morgan fingerprint density at radius 2 is 1.81 bits per heavy atom. The molecule has 7 nitrogen and oxygen atoms in total.